The Bertz CT molecular complexity index is 378. The van der Waals surface area contributed by atoms with E-state index < -0.39 is 0 Å². The Kier molecular flexibility index (Phi) is 3.56. The number of hydrogen-bond acceptors (Lipinski definition) is 3. The van der Waals surface area contributed by atoms with Crippen LogP contribution >= 0.6 is 11.6 Å². The van der Waals surface area contributed by atoms with Crippen molar-refractivity contribution in [1.29, 1.82) is 0 Å². The highest BCUT2D eigenvalue weighted by molar-refractivity contribution is 6.30. The van der Waals surface area contributed by atoms with Crippen molar-refractivity contribution in [3.8, 4) is 11.5 Å². The molecule has 1 saturated carbocycles. The van der Waals surface area contributed by atoms with Gasteiger partial charge < -0.3 is 15.2 Å². The molecule has 1 aromatic carbocycles. The van der Waals surface area contributed by atoms with Crippen molar-refractivity contribution in [2.45, 2.75) is 31.8 Å². The average molecular weight is 242 g/mol. The second kappa shape index (κ2) is 4.93. The van der Waals surface area contributed by atoms with E-state index in [-0.39, 0.29) is 5.75 Å². The molecule has 3 nitrogen and oxygen atoms in total. The molecule has 0 unspecified atom stereocenters. The van der Waals surface area contributed by atoms with Gasteiger partial charge in [-0.25, -0.2) is 0 Å². The molecular formula is C12H16ClNO2. The van der Waals surface area contributed by atoms with Gasteiger partial charge in [0.1, 0.15) is 0 Å². The molecule has 0 atom stereocenters. The molecule has 0 radical (unpaired) electrons. The van der Waals surface area contributed by atoms with Crippen molar-refractivity contribution in [2.75, 3.05) is 7.11 Å². The first-order chi connectivity index (χ1) is 7.70. The average Bonchev–Trinajstić information content (AvgIpc) is 2.20. The van der Waals surface area contributed by atoms with Gasteiger partial charge in [0, 0.05) is 29.2 Å². The number of phenols is 1. The van der Waals surface area contributed by atoms with E-state index in [2.05, 4.69) is 5.32 Å². The number of halogens is 1. The van der Waals surface area contributed by atoms with Crippen LogP contribution in [0.5, 0.6) is 11.5 Å². The van der Waals surface area contributed by atoms with Crippen LogP contribution in [0.4, 0.5) is 0 Å². The van der Waals surface area contributed by atoms with Gasteiger partial charge in [-0.1, -0.05) is 18.0 Å². The van der Waals surface area contributed by atoms with Crippen molar-refractivity contribution < 1.29 is 9.84 Å². The van der Waals surface area contributed by atoms with Crippen molar-refractivity contribution in [3.05, 3.63) is 22.7 Å². The summed E-state index contributed by atoms with van der Waals surface area (Å²) in [4.78, 5) is 0. The van der Waals surface area contributed by atoms with Crippen molar-refractivity contribution in [1.82, 2.24) is 5.32 Å². The molecule has 0 heterocycles. The fourth-order valence-electron chi connectivity index (χ4n) is 1.79. The summed E-state index contributed by atoms with van der Waals surface area (Å²) in [6, 6.07) is 3.97. The van der Waals surface area contributed by atoms with E-state index in [0.717, 1.165) is 5.56 Å². The highest BCUT2D eigenvalue weighted by atomic mass is 35.5. The Hall–Kier alpha value is -0.930. The Morgan fingerprint density at radius 3 is 2.81 bits per heavy atom. The van der Waals surface area contributed by atoms with Crippen LogP contribution < -0.4 is 10.1 Å². The van der Waals surface area contributed by atoms with Gasteiger partial charge in [0.15, 0.2) is 11.5 Å². The lowest BCUT2D eigenvalue weighted by Gasteiger charge is -2.26. The Morgan fingerprint density at radius 2 is 2.25 bits per heavy atom. The minimum absolute atomic E-state index is 0.179. The summed E-state index contributed by atoms with van der Waals surface area (Å²) < 4.78 is 5.05. The van der Waals surface area contributed by atoms with E-state index in [1.807, 2.05) is 0 Å². The maximum Gasteiger partial charge on any atom is 0.162 e. The van der Waals surface area contributed by atoms with Crippen LogP contribution in [0.3, 0.4) is 0 Å². The van der Waals surface area contributed by atoms with E-state index in [1.165, 1.54) is 26.4 Å². The van der Waals surface area contributed by atoms with Gasteiger partial charge in [-0.3, -0.25) is 0 Å². The summed E-state index contributed by atoms with van der Waals surface area (Å²) in [5, 5.41) is 13.9. The first-order valence-corrected chi connectivity index (χ1v) is 5.87. The van der Waals surface area contributed by atoms with Gasteiger partial charge in [0.25, 0.3) is 0 Å². The van der Waals surface area contributed by atoms with Crippen molar-refractivity contribution in [3.63, 3.8) is 0 Å². The van der Waals surface area contributed by atoms with Gasteiger partial charge >= 0.3 is 0 Å². The lowest BCUT2D eigenvalue weighted by molar-refractivity contribution is 0.332. The topological polar surface area (TPSA) is 41.5 Å². The van der Waals surface area contributed by atoms with Crippen molar-refractivity contribution >= 4 is 11.6 Å². The van der Waals surface area contributed by atoms with Crippen LogP contribution in [0.1, 0.15) is 24.8 Å². The molecule has 1 fully saturated rings. The number of aromatic hydroxyl groups is 1. The molecule has 2 N–H and O–H groups in total. The number of rotatable bonds is 4. The summed E-state index contributed by atoms with van der Waals surface area (Å²) in [6.45, 7) is 0.632. The maximum absolute atomic E-state index is 9.89. The molecule has 1 aliphatic rings. The van der Waals surface area contributed by atoms with Gasteiger partial charge in [-0.05, 0) is 18.9 Å². The van der Waals surface area contributed by atoms with Crippen molar-refractivity contribution in [2.24, 2.45) is 0 Å². The Morgan fingerprint density at radius 1 is 1.50 bits per heavy atom. The standard InChI is InChI=1S/C12H16ClNO2/c1-16-11-6-9(13)5-8(12(11)15)7-14-10-3-2-4-10/h5-6,10,14-15H,2-4,7H2,1H3. The third-order valence-electron chi connectivity index (χ3n) is 3.02. The summed E-state index contributed by atoms with van der Waals surface area (Å²) in [7, 11) is 1.52. The molecule has 0 saturated heterocycles. The molecule has 0 aromatic heterocycles. The molecular weight excluding hydrogens is 226 g/mol. The fraction of sp³-hybridized carbons (Fsp3) is 0.500. The van der Waals surface area contributed by atoms with Crippen LogP contribution in [-0.2, 0) is 6.54 Å². The lowest BCUT2D eigenvalue weighted by Crippen LogP contribution is -2.34. The predicted octanol–water partition coefficient (Wildman–Crippen LogP) is 2.70. The van der Waals surface area contributed by atoms with E-state index in [0.29, 0.717) is 23.4 Å². The highest BCUT2D eigenvalue weighted by Gasteiger charge is 2.17. The van der Waals surface area contributed by atoms with E-state index >= 15 is 0 Å². The summed E-state index contributed by atoms with van der Waals surface area (Å²) in [5.74, 6) is 0.608. The molecule has 16 heavy (non-hydrogen) atoms. The Labute approximate surface area is 100 Å². The number of benzene rings is 1. The third-order valence-corrected chi connectivity index (χ3v) is 3.24. The number of methoxy groups -OCH3 is 1. The largest absolute Gasteiger partial charge is 0.504 e. The normalized spacial score (nSPS) is 15.9. The zero-order valence-electron chi connectivity index (χ0n) is 9.29. The Balaban J connectivity index is 2.08. The fourth-order valence-corrected chi connectivity index (χ4v) is 2.02. The van der Waals surface area contributed by atoms with Gasteiger partial charge in [0.2, 0.25) is 0 Å². The highest BCUT2D eigenvalue weighted by Crippen LogP contribution is 2.33. The number of nitrogens with one attached hydrogen (secondary N) is 1. The zero-order valence-corrected chi connectivity index (χ0v) is 10.0. The second-order valence-corrected chi connectivity index (χ2v) is 4.56. The first kappa shape index (κ1) is 11.6. The molecule has 0 amide bonds. The molecule has 4 heteroatoms. The van der Waals surface area contributed by atoms with Gasteiger partial charge in [-0.2, -0.15) is 0 Å². The summed E-state index contributed by atoms with van der Waals surface area (Å²) >= 11 is 5.95. The molecule has 1 aliphatic carbocycles. The molecule has 0 bridgehead atoms. The lowest BCUT2D eigenvalue weighted by atomic mass is 9.93. The SMILES string of the molecule is COc1cc(Cl)cc(CNC2CCC2)c1O. The summed E-state index contributed by atoms with van der Waals surface area (Å²) in [5.41, 5.74) is 0.788. The zero-order chi connectivity index (χ0) is 11.5. The quantitative estimate of drug-likeness (QED) is 0.852. The van der Waals surface area contributed by atoms with E-state index in [4.69, 9.17) is 16.3 Å². The van der Waals surface area contributed by atoms with E-state index in [1.54, 1.807) is 12.1 Å². The number of phenolic OH excluding ortho intramolecular Hbond substituents is 1. The van der Waals surface area contributed by atoms with Crippen LogP contribution in [0.15, 0.2) is 12.1 Å². The monoisotopic (exact) mass is 241 g/mol. The van der Waals surface area contributed by atoms with Crippen LogP contribution in [-0.4, -0.2) is 18.3 Å². The van der Waals surface area contributed by atoms with Gasteiger partial charge in [-0.15, -0.1) is 0 Å². The molecule has 1 aromatic rings. The van der Waals surface area contributed by atoms with Crippen LogP contribution in [0, 0.1) is 0 Å². The number of hydrogen-bond donors (Lipinski definition) is 2. The van der Waals surface area contributed by atoms with Crippen LogP contribution in [0.25, 0.3) is 0 Å². The molecule has 2 rings (SSSR count). The molecule has 0 aliphatic heterocycles. The van der Waals surface area contributed by atoms with Gasteiger partial charge in [0.05, 0.1) is 7.11 Å². The first-order valence-electron chi connectivity index (χ1n) is 5.49. The smallest absolute Gasteiger partial charge is 0.162 e. The minimum Gasteiger partial charge on any atom is -0.504 e. The summed E-state index contributed by atoms with van der Waals surface area (Å²) in [6.07, 6.45) is 3.74. The second-order valence-electron chi connectivity index (χ2n) is 4.12. The predicted molar refractivity (Wildman–Crippen MR) is 64.1 cm³/mol. The van der Waals surface area contributed by atoms with E-state index in [9.17, 15) is 5.11 Å². The maximum atomic E-state index is 9.89. The third kappa shape index (κ3) is 2.42. The minimum atomic E-state index is 0.179. The van der Waals surface area contributed by atoms with Crippen LogP contribution in [0.2, 0.25) is 5.02 Å². The molecule has 88 valence electrons. The molecule has 0 spiro atoms. The number of ether oxygens (including phenoxy) is 1.